The van der Waals surface area contributed by atoms with E-state index in [1.807, 2.05) is 27.1 Å². The van der Waals surface area contributed by atoms with Gasteiger partial charge in [-0.25, -0.2) is 0 Å². The fourth-order valence-electron chi connectivity index (χ4n) is 2.22. The number of hydrogen-bond donors (Lipinski definition) is 1. The molecule has 9 nitrogen and oxygen atoms in total. The third-order valence-electron chi connectivity index (χ3n) is 3.29. The molecule has 0 radical (unpaired) electrons. The first-order chi connectivity index (χ1) is 10.4. The van der Waals surface area contributed by atoms with Crippen molar-refractivity contribution in [2.24, 2.45) is 7.05 Å². The molecule has 2 aromatic heterocycles. The van der Waals surface area contributed by atoms with E-state index in [0.29, 0.717) is 6.54 Å². The minimum atomic E-state index is -0.517. The molecule has 0 aliphatic rings. The maximum atomic E-state index is 11.9. The van der Waals surface area contributed by atoms with E-state index < -0.39 is 4.92 Å². The van der Waals surface area contributed by atoms with Crippen LogP contribution in [0.2, 0.25) is 0 Å². The highest BCUT2D eigenvalue weighted by atomic mass is 16.6. The maximum Gasteiger partial charge on any atom is 0.306 e. The number of carbonyl (C=O) groups is 1. The Morgan fingerprint density at radius 1 is 1.50 bits per heavy atom. The second-order valence-corrected chi connectivity index (χ2v) is 5.10. The Morgan fingerprint density at radius 2 is 2.23 bits per heavy atom. The lowest BCUT2D eigenvalue weighted by Crippen LogP contribution is -2.27. The molecule has 0 bridgehead atoms. The van der Waals surface area contributed by atoms with Crippen LogP contribution in [0.1, 0.15) is 30.6 Å². The number of aromatic nitrogens is 4. The van der Waals surface area contributed by atoms with Crippen LogP contribution >= 0.6 is 0 Å². The van der Waals surface area contributed by atoms with Crippen molar-refractivity contribution < 1.29 is 9.72 Å². The van der Waals surface area contributed by atoms with Crippen LogP contribution in [0.25, 0.3) is 0 Å². The molecule has 1 amide bonds. The number of hydrogen-bond acceptors (Lipinski definition) is 5. The van der Waals surface area contributed by atoms with Crippen LogP contribution < -0.4 is 5.32 Å². The van der Waals surface area contributed by atoms with Gasteiger partial charge in [0, 0.05) is 31.8 Å². The molecule has 2 rings (SSSR count). The van der Waals surface area contributed by atoms with Crippen molar-refractivity contribution in [1.82, 2.24) is 24.9 Å². The first kappa shape index (κ1) is 15.7. The van der Waals surface area contributed by atoms with Gasteiger partial charge in [-0.1, -0.05) is 0 Å². The second kappa shape index (κ2) is 6.37. The molecule has 0 spiro atoms. The first-order valence-electron chi connectivity index (χ1n) is 6.83. The van der Waals surface area contributed by atoms with Gasteiger partial charge in [0.1, 0.15) is 12.4 Å². The number of aryl methyl sites for hydroxylation is 3. The summed E-state index contributed by atoms with van der Waals surface area (Å²) in [5.74, 6) is -0.145. The molecule has 2 aromatic rings. The molecule has 0 aliphatic heterocycles. The normalized spacial score (nSPS) is 12.1. The van der Waals surface area contributed by atoms with Crippen molar-refractivity contribution in [2.75, 3.05) is 0 Å². The predicted molar refractivity (Wildman–Crippen MR) is 78.0 cm³/mol. The summed E-state index contributed by atoms with van der Waals surface area (Å²) in [5.41, 5.74) is 1.75. The van der Waals surface area contributed by atoms with Gasteiger partial charge in [0.05, 0.1) is 16.7 Å². The lowest BCUT2D eigenvalue weighted by molar-refractivity contribution is -0.385. The largest absolute Gasteiger partial charge is 0.349 e. The zero-order valence-electron chi connectivity index (χ0n) is 12.7. The van der Waals surface area contributed by atoms with E-state index in [1.54, 1.807) is 4.68 Å². The first-order valence-corrected chi connectivity index (χ1v) is 6.83. The Hall–Kier alpha value is -2.71. The molecular formula is C13H18N6O3. The molecule has 9 heteroatoms. The maximum absolute atomic E-state index is 11.9. The van der Waals surface area contributed by atoms with Gasteiger partial charge in [0.2, 0.25) is 5.91 Å². The van der Waals surface area contributed by atoms with Crippen molar-refractivity contribution in [1.29, 1.82) is 0 Å². The minimum Gasteiger partial charge on any atom is -0.349 e. The van der Waals surface area contributed by atoms with Crippen molar-refractivity contribution in [2.45, 2.75) is 32.9 Å². The summed E-state index contributed by atoms with van der Waals surface area (Å²) in [7, 11) is 1.83. The molecule has 2 heterocycles. The van der Waals surface area contributed by atoms with E-state index in [1.165, 1.54) is 17.1 Å². The van der Waals surface area contributed by atoms with Gasteiger partial charge in [0.15, 0.2) is 0 Å². The highest BCUT2D eigenvalue weighted by Gasteiger charge is 2.15. The lowest BCUT2D eigenvalue weighted by atomic mass is 10.1. The molecule has 0 aromatic carbocycles. The number of nitrogens with one attached hydrogen (secondary N) is 1. The lowest BCUT2D eigenvalue weighted by Gasteiger charge is -2.13. The summed E-state index contributed by atoms with van der Waals surface area (Å²) in [4.78, 5) is 22.0. The monoisotopic (exact) mass is 306 g/mol. The van der Waals surface area contributed by atoms with Crippen LogP contribution in [0.3, 0.4) is 0 Å². The van der Waals surface area contributed by atoms with Crippen LogP contribution in [-0.2, 0) is 18.4 Å². The van der Waals surface area contributed by atoms with E-state index in [-0.39, 0.29) is 24.1 Å². The molecule has 118 valence electrons. The SMILES string of the molecule is Cc1nn(C)cc1C(C)NC(=O)CCn1cc([N+](=O)[O-])cn1. The zero-order chi connectivity index (χ0) is 16.3. The Morgan fingerprint density at radius 3 is 2.77 bits per heavy atom. The van der Waals surface area contributed by atoms with Gasteiger partial charge in [0.25, 0.3) is 0 Å². The van der Waals surface area contributed by atoms with Crippen molar-refractivity contribution in [3.63, 3.8) is 0 Å². The number of rotatable bonds is 6. The molecule has 0 saturated carbocycles. The number of amides is 1. The average molecular weight is 306 g/mol. The van der Waals surface area contributed by atoms with Crippen LogP contribution in [0.15, 0.2) is 18.6 Å². The van der Waals surface area contributed by atoms with Gasteiger partial charge in [-0.15, -0.1) is 0 Å². The summed E-state index contributed by atoms with van der Waals surface area (Å²) in [5, 5.41) is 21.5. The van der Waals surface area contributed by atoms with Crippen LogP contribution in [-0.4, -0.2) is 30.4 Å². The molecule has 1 N–H and O–H groups in total. The van der Waals surface area contributed by atoms with Gasteiger partial charge < -0.3 is 5.32 Å². The van der Waals surface area contributed by atoms with E-state index >= 15 is 0 Å². The Kier molecular flexibility index (Phi) is 4.54. The molecule has 0 fully saturated rings. The van der Waals surface area contributed by atoms with Gasteiger partial charge in [-0.2, -0.15) is 10.2 Å². The van der Waals surface area contributed by atoms with E-state index in [9.17, 15) is 14.9 Å². The molecule has 0 aliphatic carbocycles. The smallest absolute Gasteiger partial charge is 0.306 e. The van der Waals surface area contributed by atoms with Crippen molar-refractivity contribution in [3.05, 3.63) is 40.0 Å². The zero-order valence-corrected chi connectivity index (χ0v) is 12.7. The van der Waals surface area contributed by atoms with Gasteiger partial charge >= 0.3 is 5.69 Å². The Labute approximate surface area is 127 Å². The van der Waals surface area contributed by atoms with Crippen LogP contribution in [0.4, 0.5) is 5.69 Å². The van der Waals surface area contributed by atoms with E-state index in [0.717, 1.165) is 11.3 Å². The number of nitro groups is 1. The molecule has 1 unspecified atom stereocenters. The van der Waals surface area contributed by atoms with E-state index in [4.69, 9.17) is 0 Å². The fourth-order valence-corrected chi connectivity index (χ4v) is 2.22. The van der Waals surface area contributed by atoms with Crippen LogP contribution in [0, 0.1) is 17.0 Å². The fraction of sp³-hybridized carbons (Fsp3) is 0.462. The van der Waals surface area contributed by atoms with Crippen LogP contribution in [0.5, 0.6) is 0 Å². The van der Waals surface area contributed by atoms with Gasteiger partial charge in [-0.3, -0.25) is 24.3 Å². The molecule has 1 atom stereocenters. The summed E-state index contributed by atoms with van der Waals surface area (Å²) < 4.78 is 3.09. The highest BCUT2D eigenvalue weighted by Crippen LogP contribution is 2.15. The standard InChI is InChI=1S/C13H18N6O3/c1-9(12-8-17(3)16-10(12)2)15-13(20)4-5-18-7-11(6-14-18)19(21)22/h6-9H,4-5H2,1-3H3,(H,15,20). The quantitative estimate of drug-likeness (QED) is 0.635. The average Bonchev–Trinajstić information content (AvgIpc) is 3.03. The summed E-state index contributed by atoms with van der Waals surface area (Å²) in [6, 6.07) is -0.145. The molecule has 0 saturated heterocycles. The predicted octanol–water partition coefficient (Wildman–Crippen LogP) is 1.10. The van der Waals surface area contributed by atoms with E-state index in [2.05, 4.69) is 15.5 Å². The number of nitrogens with zero attached hydrogens (tertiary/aromatic N) is 5. The van der Waals surface area contributed by atoms with Crippen molar-refractivity contribution in [3.8, 4) is 0 Å². The summed E-state index contributed by atoms with van der Waals surface area (Å²) >= 11 is 0. The topological polar surface area (TPSA) is 108 Å². The third-order valence-corrected chi connectivity index (χ3v) is 3.29. The minimum absolute atomic E-state index is 0.0836. The number of carbonyl (C=O) groups excluding carboxylic acids is 1. The van der Waals surface area contributed by atoms with Gasteiger partial charge in [-0.05, 0) is 13.8 Å². The Bertz CT molecular complexity index is 690. The highest BCUT2D eigenvalue weighted by molar-refractivity contribution is 5.76. The molecule has 22 heavy (non-hydrogen) atoms. The second-order valence-electron chi connectivity index (χ2n) is 5.10. The summed E-state index contributed by atoms with van der Waals surface area (Å²) in [6.07, 6.45) is 4.54. The molecular weight excluding hydrogens is 288 g/mol. The van der Waals surface area contributed by atoms with Crippen molar-refractivity contribution >= 4 is 11.6 Å². The Balaban J connectivity index is 1.87. The third kappa shape index (κ3) is 3.68. The summed E-state index contributed by atoms with van der Waals surface area (Å²) in [6.45, 7) is 4.07.